The van der Waals surface area contributed by atoms with E-state index >= 15 is 0 Å². The van der Waals surface area contributed by atoms with Crippen molar-refractivity contribution in [3.05, 3.63) is 24.8 Å². The highest BCUT2D eigenvalue weighted by Crippen LogP contribution is 2.42. The molecule has 0 N–H and O–H groups in total. The van der Waals surface area contributed by atoms with Crippen LogP contribution in [0.1, 0.15) is 40.8 Å². The van der Waals surface area contributed by atoms with Gasteiger partial charge in [0.25, 0.3) is 0 Å². The van der Waals surface area contributed by atoms with Gasteiger partial charge in [-0.05, 0) is 25.0 Å². The summed E-state index contributed by atoms with van der Waals surface area (Å²) in [5, 5.41) is 1.34. The third-order valence-electron chi connectivity index (χ3n) is 4.21. The van der Waals surface area contributed by atoms with Gasteiger partial charge in [0, 0.05) is 17.8 Å². The highest BCUT2D eigenvalue weighted by molar-refractivity contribution is 6.31. The van der Waals surface area contributed by atoms with Crippen LogP contribution in [0.4, 0.5) is 0 Å². The molecule has 1 aliphatic heterocycles. The third-order valence-corrected chi connectivity index (χ3v) is 5.97. The Hall–Kier alpha value is -1.24. The maximum atomic E-state index is 6.35. The number of hydrogen-bond acceptors (Lipinski definition) is 4. The van der Waals surface area contributed by atoms with Crippen molar-refractivity contribution in [3.8, 4) is 0 Å². The van der Waals surface area contributed by atoms with Gasteiger partial charge >= 0.3 is 0 Å². The number of hydrogen-bond donors (Lipinski definition) is 0. The summed E-state index contributed by atoms with van der Waals surface area (Å²) < 4.78 is 14.3. The maximum absolute atomic E-state index is 6.35. The minimum absolute atomic E-state index is 0.00336. The molecule has 1 aliphatic rings. The van der Waals surface area contributed by atoms with Crippen molar-refractivity contribution in [1.29, 1.82) is 0 Å². The van der Waals surface area contributed by atoms with Crippen LogP contribution in [0.3, 0.4) is 0 Å². The Kier molecular flexibility index (Phi) is 3.87. The lowest BCUT2D eigenvalue weighted by atomic mass is 9.86. The molecule has 3 rings (SSSR count). The monoisotopic (exact) mass is 319 g/mol. The topological polar surface area (TPSA) is 49.2 Å². The molecule has 1 saturated heterocycles. The number of fused-ring (bicyclic) bond motifs is 1. The van der Waals surface area contributed by atoms with Crippen LogP contribution in [-0.4, -0.2) is 36.5 Å². The summed E-state index contributed by atoms with van der Waals surface area (Å²) in [6, 6.07) is 2.03. The maximum Gasteiger partial charge on any atom is 0.167 e. The van der Waals surface area contributed by atoms with Crippen LogP contribution in [0, 0.1) is 5.92 Å². The van der Waals surface area contributed by atoms with Gasteiger partial charge in [-0.3, -0.25) is 0 Å². The van der Waals surface area contributed by atoms with Crippen molar-refractivity contribution in [3.63, 3.8) is 0 Å². The minimum atomic E-state index is -0.594. The van der Waals surface area contributed by atoms with E-state index in [1.165, 1.54) is 0 Å². The van der Waals surface area contributed by atoms with E-state index in [1.807, 2.05) is 18.5 Å². The molecule has 6 heteroatoms. The molecule has 5 nitrogen and oxygen atoms in total. The second-order valence-electron chi connectivity index (χ2n) is 7.81. The Balaban J connectivity index is 1.79. The predicted octanol–water partition coefficient (Wildman–Crippen LogP) is 2.67. The van der Waals surface area contributed by atoms with Crippen molar-refractivity contribution >= 4 is 20.8 Å². The predicted molar refractivity (Wildman–Crippen MR) is 89.4 cm³/mol. The second-order valence-corrected chi connectivity index (χ2v) is 10.5. The summed E-state index contributed by atoms with van der Waals surface area (Å²) in [6.45, 7) is 11.9. The van der Waals surface area contributed by atoms with Gasteiger partial charge in [0.1, 0.15) is 18.2 Å². The van der Waals surface area contributed by atoms with E-state index in [-0.39, 0.29) is 11.8 Å². The summed E-state index contributed by atoms with van der Waals surface area (Å²) in [4.78, 5) is 8.45. The molecule has 0 amide bonds. The summed E-state index contributed by atoms with van der Waals surface area (Å²) in [6.07, 6.45) is 5.45. The Morgan fingerprint density at radius 3 is 2.73 bits per heavy atom. The molecule has 120 valence electrons. The molecule has 1 fully saturated rings. The lowest BCUT2D eigenvalue weighted by Crippen LogP contribution is -2.51. The first-order valence-electron chi connectivity index (χ1n) is 7.80. The number of aromatic nitrogens is 3. The van der Waals surface area contributed by atoms with Gasteiger partial charge in [0.05, 0.1) is 18.1 Å². The molecule has 2 unspecified atom stereocenters. The van der Waals surface area contributed by atoms with Gasteiger partial charge in [-0.1, -0.05) is 20.8 Å². The number of nitrogens with zero attached hydrogens (tertiary/aromatic N) is 3. The summed E-state index contributed by atoms with van der Waals surface area (Å²) in [5.41, 5.74) is 0.750. The quantitative estimate of drug-likeness (QED) is 0.813. The van der Waals surface area contributed by atoms with E-state index in [0.29, 0.717) is 11.0 Å². The van der Waals surface area contributed by atoms with E-state index in [2.05, 4.69) is 49.2 Å². The van der Waals surface area contributed by atoms with Crippen LogP contribution in [0.15, 0.2) is 24.8 Å². The van der Waals surface area contributed by atoms with Gasteiger partial charge in [-0.2, -0.15) is 0 Å². The molecule has 22 heavy (non-hydrogen) atoms. The van der Waals surface area contributed by atoms with Gasteiger partial charge in [0.2, 0.25) is 0 Å². The smallest absolute Gasteiger partial charge is 0.167 e. The molecule has 2 atom stereocenters. The van der Waals surface area contributed by atoms with Gasteiger partial charge < -0.3 is 13.7 Å². The fraction of sp³-hybridized carbons (Fsp3) is 0.625. The number of rotatable bonds is 4. The third kappa shape index (κ3) is 2.95. The van der Waals surface area contributed by atoms with Gasteiger partial charge in [-0.15, -0.1) is 0 Å². The normalized spacial score (nSPS) is 23.3. The lowest BCUT2D eigenvalue weighted by molar-refractivity contribution is -0.213. The molecular weight excluding hydrogens is 294 g/mol. The molecule has 0 aromatic carbocycles. The molecule has 0 radical (unpaired) electrons. The fourth-order valence-corrected chi connectivity index (χ4v) is 3.73. The lowest BCUT2D eigenvalue weighted by Gasteiger charge is -2.47. The van der Waals surface area contributed by atoms with E-state index < -0.39 is 9.76 Å². The van der Waals surface area contributed by atoms with Crippen molar-refractivity contribution in [2.24, 2.45) is 5.92 Å². The van der Waals surface area contributed by atoms with Crippen LogP contribution >= 0.6 is 0 Å². The zero-order chi connectivity index (χ0) is 16.0. The largest absolute Gasteiger partial charge is 0.418 e. The highest BCUT2D eigenvalue weighted by Gasteiger charge is 2.45. The first-order chi connectivity index (χ1) is 10.3. The van der Waals surface area contributed by atoms with Crippen LogP contribution < -0.4 is 0 Å². The zero-order valence-corrected chi connectivity index (χ0v) is 15.5. The molecule has 2 aromatic heterocycles. The van der Waals surface area contributed by atoms with E-state index in [9.17, 15) is 0 Å². The first kappa shape index (κ1) is 15.6. The van der Waals surface area contributed by atoms with Crippen LogP contribution in [0.5, 0.6) is 0 Å². The van der Waals surface area contributed by atoms with Gasteiger partial charge in [-0.25, -0.2) is 9.97 Å². The molecule has 0 bridgehead atoms. The highest BCUT2D eigenvalue weighted by atomic mass is 28.2. The van der Waals surface area contributed by atoms with Crippen molar-refractivity contribution in [2.45, 2.75) is 51.5 Å². The Morgan fingerprint density at radius 1 is 1.32 bits per heavy atom. The average Bonchev–Trinajstić information content (AvgIpc) is 2.78. The summed E-state index contributed by atoms with van der Waals surface area (Å²) in [5.74, 6) is 0.341. The van der Waals surface area contributed by atoms with Gasteiger partial charge in [0.15, 0.2) is 9.76 Å². The molecule has 2 aromatic rings. The molecule has 0 saturated carbocycles. The van der Waals surface area contributed by atoms with E-state index in [0.717, 1.165) is 17.6 Å². The van der Waals surface area contributed by atoms with Crippen LogP contribution in [0.2, 0.25) is 5.04 Å². The molecule has 0 aliphatic carbocycles. The minimum Gasteiger partial charge on any atom is -0.418 e. The summed E-state index contributed by atoms with van der Waals surface area (Å²) in [7, 11) is -0.594. The SMILES string of the molecule is CC(C)(C)[SiH2]OC(C)(C)C1COC1n1ccc2cncnc21. The van der Waals surface area contributed by atoms with Crippen LogP contribution in [-0.2, 0) is 9.16 Å². The van der Waals surface area contributed by atoms with E-state index in [4.69, 9.17) is 9.16 Å². The molecule has 3 heterocycles. The van der Waals surface area contributed by atoms with Crippen molar-refractivity contribution in [1.82, 2.24) is 14.5 Å². The van der Waals surface area contributed by atoms with Crippen molar-refractivity contribution < 1.29 is 9.16 Å². The first-order valence-corrected chi connectivity index (χ1v) is 9.08. The Morgan fingerprint density at radius 2 is 2.09 bits per heavy atom. The summed E-state index contributed by atoms with van der Waals surface area (Å²) >= 11 is 0. The van der Waals surface area contributed by atoms with Crippen molar-refractivity contribution in [2.75, 3.05) is 6.61 Å². The number of ether oxygens (including phenoxy) is 1. The Bertz CT molecular complexity index is 663. The molecule has 0 spiro atoms. The van der Waals surface area contributed by atoms with Crippen LogP contribution in [0.25, 0.3) is 11.0 Å². The standard InChI is InChI=1S/C16H25N3O2Si/c1-15(2,3)22-21-16(4,5)12-9-20-14(12)19-7-6-11-8-17-10-18-13(11)19/h6-8,10,12,14H,9,22H2,1-5H3. The van der Waals surface area contributed by atoms with E-state index in [1.54, 1.807) is 6.33 Å². The average molecular weight is 319 g/mol. The second kappa shape index (κ2) is 5.44. The zero-order valence-electron chi connectivity index (χ0n) is 14.0. The fourth-order valence-electron chi connectivity index (χ4n) is 2.71. The molecular formula is C16H25N3O2Si. The Labute approximate surface area is 134 Å².